The molecule has 0 fully saturated rings. The summed E-state index contributed by atoms with van der Waals surface area (Å²) in [6, 6.07) is 11.9. The van der Waals surface area contributed by atoms with Crippen molar-refractivity contribution in [3.05, 3.63) is 42.5 Å². The van der Waals surface area contributed by atoms with E-state index in [9.17, 15) is 10.2 Å². The van der Waals surface area contributed by atoms with Crippen LogP contribution in [-0.2, 0) is 0 Å². The van der Waals surface area contributed by atoms with E-state index in [2.05, 4.69) is 0 Å². The lowest BCUT2D eigenvalue weighted by atomic mass is 10.0. The van der Waals surface area contributed by atoms with Crippen LogP contribution >= 0.6 is 0 Å². The van der Waals surface area contributed by atoms with Gasteiger partial charge in [-0.1, -0.05) is 12.1 Å². The van der Waals surface area contributed by atoms with Crippen LogP contribution in [0.25, 0.3) is 11.1 Å². The van der Waals surface area contributed by atoms with Crippen LogP contribution in [0.5, 0.6) is 17.2 Å². The summed E-state index contributed by atoms with van der Waals surface area (Å²) < 4.78 is 5.11. The number of benzene rings is 2. The maximum Gasteiger partial charge on any atom is 0.119 e. The minimum Gasteiger partial charge on any atom is -0.508 e. The van der Waals surface area contributed by atoms with Crippen LogP contribution in [0.1, 0.15) is 0 Å². The van der Waals surface area contributed by atoms with Gasteiger partial charge >= 0.3 is 0 Å². The van der Waals surface area contributed by atoms with Gasteiger partial charge in [-0.3, -0.25) is 0 Å². The zero-order valence-corrected chi connectivity index (χ0v) is 8.84. The van der Waals surface area contributed by atoms with Crippen molar-refractivity contribution in [3.63, 3.8) is 0 Å². The molecule has 0 saturated heterocycles. The summed E-state index contributed by atoms with van der Waals surface area (Å²) in [6.45, 7) is 0. The molecule has 0 amide bonds. The van der Waals surface area contributed by atoms with Crippen molar-refractivity contribution in [2.45, 2.75) is 0 Å². The van der Waals surface area contributed by atoms with Crippen LogP contribution in [0.3, 0.4) is 0 Å². The third-order valence-electron chi connectivity index (χ3n) is 2.31. The second kappa shape index (κ2) is 4.14. The van der Waals surface area contributed by atoms with Crippen molar-refractivity contribution in [2.75, 3.05) is 7.11 Å². The molecule has 3 heteroatoms. The molecule has 0 atom stereocenters. The maximum absolute atomic E-state index is 9.39. The highest BCUT2D eigenvalue weighted by molar-refractivity contribution is 5.68. The molecular formula is C13H12O3. The molecule has 0 bridgehead atoms. The zero-order valence-electron chi connectivity index (χ0n) is 8.84. The Hall–Kier alpha value is -2.16. The Kier molecular flexibility index (Phi) is 2.68. The molecule has 82 valence electrons. The van der Waals surface area contributed by atoms with Gasteiger partial charge in [0.25, 0.3) is 0 Å². The first-order valence-electron chi connectivity index (χ1n) is 4.86. The molecule has 16 heavy (non-hydrogen) atoms. The summed E-state index contributed by atoms with van der Waals surface area (Å²) >= 11 is 0. The van der Waals surface area contributed by atoms with E-state index in [0.717, 1.165) is 16.9 Å². The molecule has 2 aromatic rings. The molecule has 0 unspecified atom stereocenters. The number of hydrogen-bond acceptors (Lipinski definition) is 3. The predicted molar refractivity (Wildman–Crippen MR) is 61.8 cm³/mol. The summed E-state index contributed by atoms with van der Waals surface area (Å²) in [4.78, 5) is 0. The molecule has 0 saturated carbocycles. The van der Waals surface area contributed by atoms with Crippen LogP contribution in [0.4, 0.5) is 0 Å². The number of rotatable bonds is 2. The molecule has 0 aliphatic heterocycles. The van der Waals surface area contributed by atoms with Gasteiger partial charge in [-0.2, -0.15) is 0 Å². The second-order valence-electron chi connectivity index (χ2n) is 3.47. The van der Waals surface area contributed by atoms with Gasteiger partial charge in [0.2, 0.25) is 0 Å². The number of aromatic hydroxyl groups is 2. The molecule has 2 aromatic carbocycles. The van der Waals surface area contributed by atoms with Crippen molar-refractivity contribution in [1.82, 2.24) is 0 Å². The monoisotopic (exact) mass is 216 g/mol. The van der Waals surface area contributed by atoms with Crippen molar-refractivity contribution < 1.29 is 14.9 Å². The summed E-state index contributed by atoms with van der Waals surface area (Å²) in [6.07, 6.45) is 0. The third-order valence-corrected chi connectivity index (χ3v) is 2.31. The quantitative estimate of drug-likeness (QED) is 0.811. The Morgan fingerprint density at radius 2 is 1.56 bits per heavy atom. The smallest absolute Gasteiger partial charge is 0.119 e. The van der Waals surface area contributed by atoms with E-state index in [1.807, 2.05) is 24.3 Å². The summed E-state index contributed by atoms with van der Waals surface area (Å²) in [5.74, 6) is 0.816. The van der Waals surface area contributed by atoms with Crippen LogP contribution in [0.15, 0.2) is 42.5 Å². The van der Waals surface area contributed by atoms with Crippen LogP contribution in [0.2, 0.25) is 0 Å². The van der Waals surface area contributed by atoms with Crippen molar-refractivity contribution in [1.29, 1.82) is 0 Å². The predicted octanol–water partition coefficient (Wildman–Crippen LogP) is 2.77. The summed E-state index contributed by atoms with van der Waals surface area (Å²) in [7, 11) is 1.60. The van der Waals surface area contributed by atoms with E-state index in [1.54, 1.807) is 19.2 Å². The van der Waals surface area contributed by atoms with Crippen LogP contribution < -0.4 is 4.74 Å². The normalized spacial score (nSPS) is 10.1. The molecule has 0 heterocycles. The van der Waals surface area contributed by atoms with Gasteiger partial charge in [-0.15, -0.1) is 0 Å². The van der Waals surface area contributed by atoms with Gasteiger partial charge in [0, 0.05) is 6.07 Å². The lowest BCUT2D eigenvalue weighted by Crippen LogP contribution is -1.83. The number of ether oxygens (including phenoxy) is 1. The Bertz CT molecular complexity index is 486. The van der Waals surface area contributed by atoms with Gasteiger partial charge in [0.1, 0.15) is 17.2 Å². The van der Waals surface area contributed by atoms with Crippen LogP contribution in [0, 0.1) is 0 Å². The fraction of sp³-hybridized carbons (Fsp3) is 0.0769. The highest BCUT2D eigenvalue weighted by atomic mass is 16.5. The standard InChI is InChI=1S/C13H12O3/c1-16-13-4-2-3-9(7-13)10-5-11(14)8-12(15)6-10/h2-8,14-15H,1H3. The molecule has 2 rings (SSSR count). The molecule has 0 spiro atoms. The van der Waals surface area contributed by atoms with Crippen molar-refractivity contribution in [3.8, 4) is 28.4 Å². The highest BCUT2D eigenvalue weighted by Gasteiger charge is 2.03. The first-order valence-corrected chi connectivity index (χ1v) is 4.86. The Balaban J connectivity index is 2.49. The minimum atomic E-state index is 0.0396. The van der Waals surface area contributed by atoms with Crippen molar-refractivity contribution >= 4 is 0 Å². The maximum atomic E-state index is 9.39. The van der Waals surface area contributed by atoms with Crippen molar-refractivity contribution in [2.24, 2.45) is 0 Å². The molecular weight excluding hydrogens is 204 g/mol. The van der Waals surface area contributed by atoms with Gasteiger partial charge in [-0.25, -0.2) is 0 Å². The van der Waals surface area contributed by atoms with Gasteiger partial charge < -0.3 is 14.9 Å². The van der Waals surface area contributed by atoms with Gasteiger partial charge in [0.05, 0.1) is 7.11 Å². The fourth-order valence-corrected chi connectivity index (χ4v) is 1.56. The highest BCUT2D eigenvalue weighted by Crippen LogP contribution is 2.30. The lowest BCUT2D eigenvalue weighted by Gasteiger charge is -2.06. The van der Waals surface area contributed by atoms with Crippen LogP contribution in [-0.4, -0.2) is 17.3 Å². The molecule has 3 nitrogen and oxygen atoms in total. The lowest BCUT2D eigenvalue weighted by molar-refractivity contribution is 0.415. The Morgan fingerprint density at radius 3 is 2.19 bits per heavy atom. The first kappa shape index (κ1) is 10.4. The van der Waals surface area contributed by atoms with E-state index in [0.29, 0.717) is 0 Å². The third kappa shape index (κ3) is 2.08. The van der Waals surface area contributed by atoms with E-state index >= 15 is 0 Å². The number of phenolic OH excluding ortho intramolecular Hbond substituents is 2. The Labute approximate surface area is 93.6 Å². The average molecular weight is 216 g/mol. The van der Waals surface area contributed by atoms with Gasteiger partial charge in [0.15, 0.2) is 0 Å². The first-order chi connectivity index (χ1) is 7.69. The van der Waals surface area contributed by atoms with E-state index in [1.165, 1.54) is 6.07 Å². The SMILES string of the molecule is COc1cccc(-c2cc(O)cc(O)c2)c1. The molecule has 0 aromatic heterocycles. The summed E-state index contributed by atoms with van der Waals surface area (Å²) in [5, 5.41) is 18.8. The van der Waals surface area contributed by atoms with E-state index in [4.69, 9.17) is 4.74 Å². The number of phenols is 2. The molecule has 0 aliphatic carbocycles. The number of methoxy groups -OCH3 is 1. The molecule has 0 aliphatic rings. The average Bonchev–Trinajstić information content (AvgIpc) is 2.28. The second-order valence-corrected chi connectivity index (χ2v) is 3.47. The number of hydrogen-bond donors (Lipinski definition) is 2. The van der Waals surface area contributed by atoms with Gasteiger partial charge in [-0.05, 0) is 35.4 Å². The molecule has 2 N–H and O–H groups in total. The fourth-order valence-electron chi connectivity index (χ4n) is 1.56. The topological polar surface area (TPSA) is 49.7 Å². The Morgan fingerprint density at radius 1 is 0.875 bits per heavy atom. The molecule has 0 radical (unpaired) electrons. The zero-order chi connectivity index (χ0) is 11.5. The largest absolute Gasteiger partial charge is 0.508 e. The van der Waals surface area contributed by atoms with E-state index in [-0.39, 0.29) is 11.5 Å². The minimum absolute atomic E-state index is 0.0396. The summed E-state index contributed by atoms with van der Waals surface area (Å²) in [5.41, 5.74) is 1.63. The van der Waals surface area contributed by atoms with E-state index < -0.39 is 0 Å².